The molecule has 3 aromatic rings. The molecule has 2 aromatic heterocycles. The van der Waals surface area contributed by atoms with Gasteiger partial charge in [-0.3, -0.25) is 4.57 Å². The number of nitrogens with zero attached hydrogens (tertiary/aromatic N) is 4. The Kier molecular flexibility index (Phi) is 3.92. The van der Waals surface area contributed by atoms with E-state index in [1.165, 1.54) is 12.3 Å². The lowest BCUT2D eigenvalue weighted by Crippen LogP contribution is -2.16. The van der Waals surface area contributed by atoms with Gasteiger partial charge in [-0.2, -0.15) is 18.2 Å². The van der Waals surface area contributed by atoms with Crippen molar-refractivity contribution in [1.82, 2.24) is 19.5 Å². The summed E-state index contributed by atoms with van der Waals surface area (Å²) in [7, 11) is 0. The third-order valence-electron chi connectivity index (χ3n) is 3.18. The third kappa shape index (κ3) is 3.18. The van der Waals surface area contributed by atoms with Gasteiger partial charge in [-0.15, -0.1) is 0 Å². The van der Waals surface area contributed by atoms with Crippen LogP contribution >= 0.6 is 11.6 Å². The van der Waals surface area contributed by atoms with Crippen LogP contribution in [0.2, 0.25) is 5.02 Å². The minimum absolute atomic E-state index is 0.0763. The molecule has 3 rings (SSSR count). The Morgan fingerprint density at radius 3 is 2.33 bits per heavy atom. The molecule has 124 valence electrons. The molecule has 0 aliphatic carbocycles. The minimum Gasteiger partial charge on any atom is -0.384 e. The lowest BCUT2D eigenvalue weighted by atomic mass is 10.2. The summed E-state index contributed by atoms with van der Waals surface area (Å²) in [4.78, 5) is 11.6. The van der Waals surface area contributed by atoms with Crippen molar-refractivity contribution in [1.29, 1.82) is 0 Å². The van der Waals surface area contributed by atoms with Crippen molar-refractivity contribution in [2.24, 2.45) is 0 Å². The first-order valence-electron chi connectivity index (χ1n) is 6.78. The standard InChI is InChI=1S/C15H11ClF3N5/c1-8-6-12(20)23-14(21-8)24-7-11(22-13(24)15(17,18)19)9-2-4-10(16)5-3-9/h2-7H,1H3,(H2,20,21,23). The average molecular weight is 354 g/mol. The Bertz CT molecular complexity index is 867. The smallest absolute Gasteiger partial charge is 0.384 e. The van der Waals surface area contributed by atoms with Crippen LogP contribution in [0.1, 0.15) is 11.5 Å². The van der Waals surface area contributed by atoms with Gasteiger partial charge in [0, 0.05) is 28.5 Å². The summed E-state index contributed by atoms with van der Waals surface area (Å²) < 4.78 is 40.8. The Morgan fingerprint density at radius 1 is 1.08 bits per heavy atom. The second kappa shape index (κ2) is 5.79. The van der Waals surface area contributed by atoms with E-state index in [-0.39, 0.29) is 17.5 Å². The molecule has 0 saturated carbocycles. The van der Waals surface area contributed by atoms with Crippen LogP contribution in [0, 0.1) is 6.92 Å². The fraction of sp³-hybridized carbons (Fsp3) is 0.133. The van der Waals surface area contributed by atoms with E-state index in [1.807, 2.05) is 0 Å². The molecule has 0 fully saturated rings. The zero-order valence-corrected chi connectivity index (χ0v) is 13.1. The molecule has 0 unspecified atom stereocenters. The molecule has 5 nitrogen and oxygen atoms in total. The van der Waals surface area contributed by atoms with Crippen molar-refractivity contribution in [3.05, 3.63) is 53.1 Å². The summed E-state index contributed by atoms with van der Waals surface area (Å²) in [6.07, 6.45) is -3.45. The number of hydrogen-bond donors (Lipinski definition) is 1. The summed E-state index contributed by atoms with van der Waals surface area (Å²) in [5.41, 5.74) is 6.68. The first-order chi connectivity index (χ1) is 11.2. The molecule has 24 heavy (non-hydrogen) atoms. The molecule has 0 aliphatic rings. The summed E-state index contributed by atoms with van der Waals surface area (Å²) in [6, 6.07) is 7.78. The minimum atomic E-state index is -4.67. The molecule has 1 aromatic carbocycles. The average Bonchev–Trinajstić information content (AvgIpc) is 2.92. The van der Waals surface area contributed by atoms with Crippen LogP contribution < -0.4 is 5.73 Å². The quantitative estimate of drug-likeness (QED) is 0.758. The van der Waals surface area contributed by atoms with Gasteiger partial charge < -0.3 is 5.73 Å². The number of nitrogens with two attached hydrogens (primary N) is 1. The van der Waals surface area contributed by atoms with E-state index in [0.29, 0.717) is 16.3 Å². The summed E-state index contributed by atoms with van der Waals surface area (Å²) in [5, 5.41) is 0.476. The molecular formula is C15H11ClF3N5. The molecule has 0 radical (unpaired) electrons. The number of rotatable bonds is 2. The van der Waals surface area contributed by atoms with E-state index in [9.17, 15) is 13.2 Å². The molecule has 0 amide bonds. The Balaban J connectivity index is 2.19. The molecule has 2 heterocycles. The lowest BCUT2D eigenvalue weighted by Gasteiger charge is -2.09. The van der Waals surface area contributed by atoms with Crippen LogP contribution in [0.15, 0.2) is 36.5 Å². The highest BCUT2D eigenvalue weighted by Crippen LogP contribution is 2.32. The van der Waals surface area contributed by atoms with E-state index >= 15 is 0 Å². The molecule has 0 saturated heterocycles. The van der Waals surface area contributed by atoms with E-state index in [1.54, 1.807) is 31.2 Å². The van der Waals surface area contributed by atoms with Gasteiger partial charge in [-0.25, -0.2) is 9.97 Å². The first kappa shape index (κ1) is 16.3. The number of aryl methyl sites for hydroxylation is 1. The van der Waals surface area contributed by atoms with Gasteiger partial charge in [-0.05, 0) is 19.1 Å². The van der Waals surface area contributed by atoms with Gasteiger partial charge in [0.05, 0.1) is 5.69 Å². The predicted octanol–water partition coefficient (Wildman–Crippen LogP) is 3.89. The van der Waals surface area contributed by atoms with Gasteiger partial charge in [0.2, 0.25) is 11.8 Å². The van der Waals surface area contributed by atoms with E-state index in [2.05, 4.69) is 15.0 Å². The van der Waals surface area contributed by atoms with Crippen LogP contribution in [0.25, 0.3) is 17.2 Å². The van der Waals surface area contributed by atoms with E-state index in [0.717, 1.165) is 4.57 Å². The van der Waals surface area contributed by atoms with Crippen molar-refractivity contribution < 1.29 is 13.2 Å². The zero-order chi connectivity index (χ0) is 17.5. The molecule has 0 bridgehead atoms. The maximum absolute atomic E-state index is 13.3. The van der Waals surface area contributed by atoms with Crippen LogP contribution in [0.4, 0.5) is 19.0 Å². The van der Waals surface area contributed by atoms with Gasteiger partial charge >= 0.3 is 6.18 Å². The summed E-state index contributed by atoms with van der Waals surface area (Å²) in [5.74, 6) is -1.24. The predicted molar refractivity (Wildman–Crippen MR) is 83.8 cm³/mol. The third-order valence-corrected chi connectivity index (χ3v) is 3.43. The number of benzene rings is 1. The van der Waals surface area contributed by atoms with Gasteiger partial charge in [0.25, 0.3) is 0 Å². The Hall–Kier alpha value is -2.61. The fourth-order valence-electron chi connectivity index (χ4n) is 2.18. The van der Waals surface area contributed by atoms with Crippen LogP contribution in [0.5, 0.6) is 0 Å². The lowest BCUT2D eigenvalue weighted by molar-refractivity contribution is -0.146. The van der Waals surface area contributed by atoms with Crippen LogP contribution in [-0.2, 0) is 6.18 Å². The number of anilines is 1. The van der Waals surface area contributed by atoms with Crippen LogP contribution in [-0.4, -0.2) is 19.5 Å². The van der Waals surface area contributed by atoms with E-state index < -0.39 is 12.0 Å². The van der Waals surface area contributed by atoms with Gasteiger partial charge in [0.1, 0.15) is 5.82 Å². The normalized spacial score (nSPS) is 11.7. The van der Waals surface area contributed by atoms with Crippen molar-refractivity contribution >= 4 is 17.4 Å². The maximum atomic E-state index is 13.3. The molecule has 0 atom stereocenters. The zero-order valence-electron chi connectivity index (χ0n) is 12.3. The van der Waals surface area contributed by atoms with Crippen molar-refractivity contribution in [2.75, 3.05) is 5.73 Å². The van der Waals surface area contributed by atoms with Crippen molar-refractivity contribution in [3.63, 3.8) is 0 Å². The number of aromatic nitrogens is 4. The van der Waals surface area contributed by atoms with Crippen molar-refractivity contribution in [2.45, 2.75) is 13.1 Å². The molecule has 9 heteroatoms. The second-order valence-corrected chi connectivity index (χ2v) is 5.50. The molecule has 0 spiro atoms. The number of hydrogen-bond acceptors (Lipinski definition) is 4. The summed E-state index contributed by atoms with van der Waals surface area (Å²) in [6.45, 7) is 1.62. The highest BCUT2D eigenvalue weighted by atomic mass is 35.5. The van der Waals surface area contributed by atoms with Gasteiger partial charge in [0.15, 0.2) is 0 Å². The maximum Gasteiger partial charge on any atom is 0.450 e. The van der Waals surface area contributed by atoms with Gasteiger partial charge in [-0.1, -0.05) is 23.7 Å². The molecule has 2 N–H and O–H groups in total. The monoisotopic (exact) mass is 353 g/mol. The Morgan fingerprint density at radius 2 is 1.75 bits per heavy atom. The van der Waals surface area contributed by atoms with E-state index in [4.69, 9.17) is 17.3 Å². The second-order valence-electron chi connectivity index (χ2n) is 5.06. The largest absolute Gasteiger partial charge is 0.450 e. The fourth-order valence-corrected chi connectivity index (χ4v) is 2.30. The molecule has 0 aliphatic heterocycles. The number of imidazole rings is 1. The van der Waals surface area contributed by atoms with Crippen molar-refractivity contribution in [3.8, 4) is 17.2 Å². The molecular weight excluding hydrogens is 343 g/mol. The summed E-state index contributed by atoms with van der Waals surface area (Å²) >= 11 is 5.80. The number of halogens is 4. The SMILES string of the molecule is Cc1cc(N)nc(-n2cc(-c3ccc(Cl)cc3)nc2C(F)(F)F)n1. The Labute approximate surface area is 139 Å². The van der Waals surface area contributed by atoms with Crippen LogP contribution in [0.3, 0.4) is 0 Å². The number of nitrogen functional groups attached to an aromatic ring is 1. The highest BCUT2D eigenvalue weighted by Gasteiger charge is 2.38. The number of alkyl halides is 3. The highest BCUT2D eigenvalue weighted by molar-refractivity contribution is 6.30. The topological polar surface area (TPSA) is 69.6 Å². The first-order valence-corrected chi connectivity index (χ1v) is 7.16.